The average Bonchev–Trinajstić information content (AvgIpc) is 2.96. The van der Waals surface area contributed by atoms with Crippen molar-refractivity contribution in [3.63, 3.8) is 0 Å². The predicted molar refractivity (Wildman–Crippen MR) is 74.7 cm³/mol. The first-order chi connectivity index (χ1) is 9.66. The number of hydrogen-bond donors (Lipinski definition) is 1. The van der Waals surface area contributed by atoms with Crippen molar-refractivity contribution < 1.29 is 9.53 Å². The molecular formula is C13H15ClN4O2. The fourth-order valence-corrected chi connectivity index (χ4v) is 1.77. The van der Waals surface area contributed by atoms with Gasteiger partial charge in [0, 0.05) is 5.02 Å². The first kappa shape index (κ1) is 14.3. The van der Waals surface area contributed by atoms with Gasteiger partial charge in [-0.05, 0) is 25.1 Å². The minimum atomic E-state index is -0.399. The molecule has 0 unspecified atom stereocenters. The SMILES string of the molecule is C[C@@H](C(=O)NCCOc1cccc(Cl)c1)n1cncn1. The van der Waals surface area contributed by atoms with Crippen LogP contribution in [-0.2, 0) is 4.79 Å². The molecule has 1 aromatic carbocycles. The highest BCUT2D eigenvalue weighted by molar-refractivity contribution is 6.30. The number of aromatic nitrogens is 3. The number of carbonyl (C=O) groups is 1. The number of hydrogen-bond acceptors (Lipinski definition) is 4. The summed E-state index contributed by atoms with van der Waals surface area (Å²) >= 11 is 5.84. The second kappa shape index (κ2) is 6.91. The third kappa shape index (κ3) is 3.96. The van der Waals surface area contributed by atoms with Crippen molar-refractivity contribution in [2.24, 2.45) is 0 Å². The van der Waals surface area contributed by atoms with Crippen LogP contribution < -0.4 is 10.1 Å². The number of carbonyl (C=O) groups excluding carboxylic acids is 1. The van der Waals surface area contributed by atoms with Gasteiger partial charge in [0.15, 0.2) is 0 Å². The van der Waals surface area contributed by atoms with Crippen LogP contribution in [0.2, 0.25) is 5.02 Å². The van der Waals surface area contributed by atoms with E-state index in [0.717, 1.165) is 0 Å². The lowest BCUT2D eigenvalue weighted by molar-refractivity contribution is -0.124. The van der Waals surface area contributed by atoms with Crippen LogP contribution in [0.25, 0.3) is 0 Å². The highest BCUT2D eigenvalue weighted by Crippen LogP contribution is 2.16. The summed E-state index contributed by atoms with van der Waals surface area (Å²) in [4.78, 5) is 15.6. The highest BCUT2D eigenvalue weighted by atomic mass is 35.5. The van der Waals surface area contributed by atoms with Crippen LogP contribution in [0.3, 0.4) is 0 Å². The Bertz CT molecular complexity index is 559. The van der Waals surface area contributed by atoms with E-state index in [2.05, 4.69) is 15.4 Å². The number of amides is 1. The van der Waals surface area contributed by atoms with Gasteiger partial charge in [-0.3, -0.25) is 4.79 Å². The second-order valence-electron chi connectivity index (χ2n) is 4.15. The van der Waals surface area contributed by atoms with Crippen LogP contribution >= 0.6 is 11.6 Å². The first-order valence-electron chi connectivity index (χ1n) is 6.17. The Morgan fingerprint density at radius 2 is 2.40 bits per heavy atom. The topological polar surface area (TPSA) is 69.0 Å². The van der Waals surface area contributed by atoms with Gasteiger partial charge in [-0.25, -0.2) is 9.67 Å². The summed E-state index contributed by atoms with van der Waals surface area (Å²) in [6.07, 6.45) is 2.90. The fourth-order valence-electron chi connectivity index (χ4n) is 1.59. The summed E-state index contributed by atoms with van der Waals surface area (Å²) in [5.74, 6) is 0.543. The van der Waals surface area contributed by atoms with E-state index < -0.39 is 6.04 Å². The van der Waals surface area contributed by atoms with E-state index in [0.29, 0.717) is 23.9 Å². The van der Waals surface area contributed by atoms with Crippen LogP contribution in [0.5, 0.6) is 5.75 Å². The Hall–Kier alpha value is -2.08. The molecule has 7 heteroatoms. The van der Waals surface area contributed by atoms with E-state index in [1.54, 1.807) is 19.1 Å². The molecule has 1 amide bonds. The molecule has 0 saturated heterocycles. The van der Waals surface area contributed by atoms with Gasteiger partial charge in [-0.1, -0.05) is 17.7 Å². The van der Waals surface area contributed by atoms with Gasteiger partial charge in [-0.15, -0.1) is 0 Å². The van der Waals surface area contributed by atoms with Gasteiger partial charge < -0.3 is 10.1 Å². The zero-order valence-corrected chi connectivity index (χ0v) is 11.7. The third-order valence-corrected chi connectivity index (χ3v) is 2.91. The van der Waals surface area contributed by atoms with E-state index >= 15 is 0 Å². The lowest BCUT2D eigenvalue weighted by Crippen LogP contribution is -2.34. The van der Waals surface area contributed by atoms with Crippen molar-refractivity contribution in [1.82, 2.24) is 20.1 Å². The molecule has 0 fully saturated rings. The molecule has 2 aromatic rings. The van der Waals surface area contributed by atoms with Crippen LogP contribution in [0, 0.1) is 0 Å². The fraction of sp³-hybridized carbons (Fsp3) is 0.308. The number of benzene rings is 1. The summed E-state index contributed by atoms with van der Waals surface area (Å²) in [5, 5.41) is 7.31. The highest BCUT2D eigenvalue weighted by Gasteiger charge is 2.14. The first-order valence-corrected chi connectivity index (χ1v) is 6.55. The smallest absolute Gasteiger partial charge is 0.244 e. The molecule has 106 valence electrons. The second-order valence-corrected chi connectivity index (χ2v) is 4.58. The van der Waals surface area contributed by atoms with Gasteiger partial charge in [0.2, 0.25) is 5.91 Å². The Morgan fingerprint density at radius 1 is 1.55 bits per heavy atom. The van der Waals surface area contributed by atoms with Gasteiger partial charge in [0.05, 0.1) is 6.54 Å². The largest absolute Gasteiger partial charge is 0.492 e. The molecule has 1 aromatic heterocycles. The Labute approximate surface area is 121 Å². The summed E-state index contributed by atoms with van der Waals surface area (Å²) < 4.78 is 6.97. The minimum Gasteiger partial charge on any atom is -0.492 e. The Kier molecular flexibility index (Phi) is 4.95. The van der Waals surface area contributed by atoms with E-state index in [4.69, 9.17) is 16.3 Å². The summed E-state index contributed by atoms with van der Waals surface area (Å²) in [6.45, 7) is 2.53. The molecule has 1 atom stereocenters. The molecule has 0 aliphatic heterocycles. The number of halogens is 1. The third-order valence-electron chi connectivity index (χ3n) is 2.68. The van der Waals surface area contributed by atoms with E-state index in [1.807, 2.05) is 12.1 Å². The number of rotatable bonds is 6. The van der Waals surface area contributed by atoms with E-state index in [-0.39, 0.29) is 5.91 Å². The van der Waals surface area contributed by atoms with Crippen LogP contribution in [-0.4, -0.2) is 33.8 Å². The molecule has 6 nitrogen and oxygen atoms in total. The number of nitrogens with one attached hydrogen (secondary N) is 1. The van der Waals surface area contributed by atoms with E-state index in [9.17, 15) is 4.79 Å². The molecule has 0 saturated carbocycles. The van der Waals surface area contributed by atoms with Crippen molar-refractivity contribution in [2.75, 3.05) is 13.2 Å². The molecule has 0 aliphatic carbocycles. The molecule has 0 bridgehead atoms. The minimum absolute atomic E-state index is 0.134. The normalized spacial score (nSPS) is 11.9. The standard InChI is InChI=1S/C13H15ClN4O2/c1-10(18-9-15-8-17-18)13(19)16-5-6-20-12-4-2-3-11(14)7-12/h2-4,7-10H,5-6H2,1H3,(H,16,19)/t10-/m0/s1. The maximum atomic E-state index is 11.8. The average molecular weight is 295 g/mol. The molecule has 0 radical (unpaired) electrons. The maximum Gasteiger partial charge on any atom is 0.244 e. The van der Waals surface area contributed by atoms with Crippen LogP contribution in [0.1, 0.15) is 13.0 Å². The van der Waals surface area contributed by atoms with Crippen molar-refractivity contribution in [3.8, 4) is 5.75 Å². The summed E-state index contributed by atoms with van der Waals surface area (Å²) in [6, 6.07) is 6.72. The Balaban J connectivity index is 1.72. The van der Waals surface area contributed by atoms with Crippen LogP contribution in [0.4, 0.5) is 0 Å². The monoisotopic (exact) mass is 294 g/mol. The number of ether oxygens (including phenoxy) is 1. The molecule has 0 spiro atoms. The molecular weight excluding hydrogens is 280 g/mol. The molecule has 20 heavy (non-hydrogen) atoms. The van der Waals surface area contributed by atoms with Crippen molar-refractivity contribution >= 4 is 17.5 Å². The quantitative estimate of drug-likeness (QED) is 0.823. The van der Waals surface area contributed by atoms with E-state index in [1.165, 1.54) is 17.3 Å². The molecule has 2 rings (SSSR count). The predicted octanol–water partition coefficient (Wildman–Crippen LogP) is 1.69. The van der Waals surface area contributed by atoms with Gasteiger partial charge in [0.25, 0.3) is 0 Å². The maximum absolute atomic E-state index is 11.8. The van der Waals surface area contributed by atoms with Gasteiger partial charge in [0.1, 0.15) is 31.1 Å². The summed E-state index contributed by atoms with van der Waals surface area (Å²) in [7, 11) is 0. The molecule has 1 heterocycles. The van der Waals surface area contributed by atoms with Crippen molar-refractivity contribution in [3.05, 3.63) is 41.9 Å². The zero-order valence-electron chi connectivity index (χ0n) is 11.0. The lowest BCUT2D eigenvalue weighted by atomic mass is 10.3. The van der Waals surface area contributed by atoms with Crippen molar-refractivity contribution in [1.29, 1.82) is 0 Å². The molecule has 0 aliphatic rings. The Morgan fingerprint density at radius 3 is 3.10 bits per heavy atom. The van der Waals surface area contributed by atoms with Crippen LogP contribution in [0.15, 0.2) is 36.9 Å². The van der Waals surface area contributed by atoms with Crippen molar-refractivity contribution in [2.45, 2.75) is 13.0 Å². The van der Waals surface area contributed by atoms with Gasteiger partial charge >= 0.3 is 0 Å². The summed E-state index contributed by atoms with van der Waals surface area (Å²) in [5.41, 5.74) is 0. The van der Waals surface area contributed by atoms with Gasteiger partial charge in [-0.2, -0.15) is 5.10 Å². The lowest BCUT2D eigenvalue weighted by Gasteiger charge is -2.12. The zero-order chi connectivity index (χ0) is 14.4. The molecule has 1 N–H and O–H groups in total. The number of nitrogens with zero attached hydrogens (tertiary/aromatic N) is 3.